The highest BCUT2D eigenvalue weighted by molar-refractivity contribution is 5.92. The van der Waals surface area contributed by atoms with Gasteiger partial charge >= 0.3 is 0 Å². The van der Waals surface area contributed by atoms with Crippen molar-refractivity contribution in [2.75, 3.05) is 0 Å². The average molecular weight is 253 g/mol. The molecular weight excluding hydrogens is 230 g/mol. The molecule has 1 aromatic heterocycles. The normalized spacial score (nSPS) is 12.7. The van der Waals surface area contributed by atoms with Gasteiger partial charge in [-0.25, -0.2) is 4.98 Å². The minimum Gasteiger partial charge on any atom is -0.446 e. The van der Waals surface area contributed by atoms with Crippen LogP contribution in [0.5, 0.6) is 0 Å². The molecule has 3 N–H and O–H groups in total. The monoisotopic (exact) mass is 253 g/mol. The number of carbonyl (C=O) groups excluding carboxylic acids is 1. The van der Waals surface area contributed by atoms with E-state index in [1.165, 1.54) is 6.26 Å². The third-order valence-corrected chi connectivity index (χ3v) is 2.99. The van der Waals surface area contributed by atoms with Gasteiger partial charge in [-0.05, 0) is 19.3 Å². The highest BCUT2D eigenvalue weighted by Gasteiger charge is 2.17. The molecule has 0 bridgehead atoms. The Morgan fingerprint density at radius 3 is 2.67 bits per heavy atom. The molecule has 1 rings (SSSR count). The van der Waals surface area contributed by atoms with Gasteiger partial charge in [0.05, 0.1) is 6.04 Å². The molecule has 0 fully saturated rings. The molecule has 5 heteroatoms. The minimum absolute atomic E-state index is 0.182. The Hall–Kier alpha value is -1.36. The van der Waals surface area contributed by atoms with Gasteiger partial charge in [0.1, 0.15) is 6.26 Å². The quantitative estimate of drug-likeness (QED) is 0.781. The van der Waals surface area contributed by atoms with Crippen LogP contribution in [0.1, 0.15) is 68.9 Å². The largest absolute Gasteiger partial charge is 0.446 e. The second-order valence-electron chi connectivity index (χ2n) is 4.45. The van der Waals surface area contributed by atoms with Crippen molar-refractivity contribution in [2.45, 2.75) is 58.5 Å². The van der Waals surface area contributed by atoms with Gasteiger partial charge in [0.25, 0.3) is 5.91 Å². The van der Waals surface area contributed by atoms with Gasteiger partial charge in [-0.1, -0.05) is 27.2 Å². The van der Waals surface area contributed by atoms with Gasteiger partial charge in [0, 0.05) is 6.04 Å². The molecule has 0 saturated carbocycles. The first-order valence-corrected chi connectivity index (χ1v) is 6.64. The first-order chi connectivity index (χ1) is 8.62. The van der Waals surface area contributed by atoms with Crippen LogP contribution in [-0.4, -0.2) is 16.9 Å². The number of hydrogen-bond acceptors (Lipinski definition) is 4. The van der Waals surface area contributed by atoms with Crippen molar-refractivity contribution < 1.29 is 9.21 Å². The van der Waals surface area contributed by atoms with Crippen LogP contribution >= 0.6 is 0 Å². The third kappa shape index (κ3) is 3.84. The summed E-state index contributed by atoms with van der Waals surface area (Å²) < 4.78 is 5.25. The Morgan fingerprint density at radius 2 is 2.11 bits per heavy atom. The van der Waals surface area contributed by atoms with Crippen molar-refractivity contribution >= 4 is 5.91 Å². The second-order valence-corrected chi connectivity index (χ2v) is 4.45. The summed E-state index contributed by atoms with van der Waals surface area (Å²) in [4.78, 5) is 16.0. The molecule has 5 nitrogen and oxygen atoms in total. The molecule has 0 aliphatic heterocycles. The number of oxazole rings is 1. The molecule has 0 aromatic carbocycles. The second kappa shape index (κ2) is 7.16. The molecule has 0 aliphatic rings. The highest BCUT2D eigenvalue weighted by atomic mass is 16.3. The standard InChI is InChI=1S/C13H23N3O2/c1-4-7-10(14)13-16-11(8-18-13)12(17)15-9(5-2)6-3/h8-10H,4-7,14H2,1-3H3,(H,15,17). The molecule has 102 valence electrons. The maximum absolute atomic E-state index is 11.9. The predicted molar refractivity (Wildman–Crippen MR) is 70.2 cm³/mol. The zero-order chi connectivity index (χ0) is 13.5. The molecule has 1 heterocycles. The van der Waals surface area contributed by atoms with Gasteiger partial charge in [0.2, 0.25) is 5.89 Å². The van der Waals surface area contributed by atoms with E-state index < -0.39 is 0 Å². The topological polar surface area (TPSA) is 81.1 Å². The van der Waals surface area contributed by atoms with Gasteiger partial charge in [-0.3, -0.25) is 4.79 Å². The van der Waals surface area contributed by atoms with E-state index >= 15 is 0 Å². The Labute approximate surface area is 108 Å². The summed E-state index contributed by atoms with van der Waals surface area (Å²) in [7, 11) is 0. The van der Waals surface area contributed by atoms with Crippen LogP contribution in [0.2, 0.25) is 0 Å². The van der Waals surface area contributed by atoms with Crippen LogP contribution in [0, 0.1) is 0 Å². The molecule has 1 unspecified atom stereocenters. The number of nitrogens with two attached hydrogens (primary N) is 1. The van der Waals surface area contributed by atoms with Gasteiger partial charge in [-0.15, -0.1) is 0 Å². The Bertz CT molecular complexity index is 372. The number of nitrogens with zero attached hydrogens (tertiary/aromatic N) is 1. The number of amides is 1. The number of aromatic nitrogens is 1. The number of nitrogens with one attached hydrogen (secondary N) is 1. The number of carbonyl (C=O) groups is 1. The lowest BCUT2D eigenvalue weighted by Crippen LogP contribution is -2.34. The fraction of sp³-hybridized carbons (Fsp3) is 0.692. The SMILES string of the molecule is CCCC(N)c1nc(C(=O)NC(CC)CC)co1. The van der Waals surface area contributed by atoms with Crippen molar-refractivity contribution in [2.24, 2.45) is 5.73 Å². The van der Waals surface area contributed by atoms with Crippen molar-refractivity contribution in [3.05, 3.63) is 17.8 Å². The van der Waals surface area contributed by atoms with Gasteiger partial charge in [-0.2, -0.15) is 0 Å². The first-order valence-electron chi connectivity index (χ1n) is 6.64. The van der Waals surface area contributed by atoms with Crippen molar-refractivity contribution in [3.63, 3.8) is 0 Å². The van der Waals surface area contributed by atoms with Crippen LogP contribution in [0.4, 0.5) is 0 Å². The van der Waals surface area contributed by atoms with Crippen molar-refractivity contribution in [1.82, 2.24) is 10.3 Å². The highest BCUT2D eigenvalue weighted by Crippen LogP contribution is 2.15. The molecular formula is C13H23N3O2. The van der Waals surface area contributed by atoms with E-state index in [4.69, 9.17) is 10.2 Å². The summed E-state index contributed by atoms with van der Waals surface area (Å²) in [5.41, 5.74) is 6.19. The molecule has 1 atom stereocenters. The zero-order valence-electron chi connectivity index (χ0n) is 11.4. The van der Waals surface area contributed by atoms with Gasteiger partial charge in [0.15, 0.2) is 5.69 Å². The molecule has 0 radical (unpaired) electrons. The lowest BCUT2D eigenvalue weighted by molar-refractivity contribution is 0.0929. The summed E-state index contributed by atoms with van der Waals surface area (Å²) in [6, 6.07) is -0.0494. The molecule has 1 aromatic rings. The first kappa shape index (κ1) is 14.7. The average Bonchev–Trinajstić information content (AvgIpc) is 2.85. The maximum atomic E-state index is 11.9. The summed E-state index contributed by atoms with van der Waals surface area (Å²) in [6.07, 6.45) is 4.94. The van der Waals surface area contributed by atoms with Crippen molar-refractivity contribution in [3.8, 4) is 0 Å². The lowest BCUT2D eigenvalue weighted by Gasteiger charge is -2.13. The zero-order valence-corrected chi connectivity index (χ0v) is 11.4. The van der Waals surface area contributed by atoms with Crippen LogP contribution in [0.3, 0.4) is 0 Å². The summed E-state index contributed by atoms with van der Waals surface area (Å²) in [5.74, 6) is 0.244. The third-order valence-electron chi connectivity index (χ3n) is 2.99. The predicted octanol–water partition coefficient (Wildman–Crippen LogP) is 2.39. The summed E-state index contributed by atoms with van der Waals surface area (Å²) in [6.45, 7) is 6.13. The van der Waals surface area contributed by atoms with Gasteiger partial charge < -0.3 is 15.5 Å². The molecule has 0 spiro atoms. The lowest BCUT2D eigenvalue weighted by atomic mass is 10.1. The summed E-state index contributed by atoms with van der Waals surface area (Å²) >= 11 is 0. The number of hydrogen-bond donors (Lipinski definition) is 2. The fourth-order valence-corrected chi connectivity index (χ4v) is 1.75. The van der Waals surface area contributed by atoms with E-state index in [1.807, 2.05) is 20.8 Å². The summed E-state index contributed by atoms with van der Waals surface area (Å²) in [5, 5.41) is 2.91. The smallest absolute Gasteiger partial charge is 0.273 e. The fourth-order valence-electron chi connectivity index (χ4n) is 1.75. The van der Waals surface area contributed by atoms with Crippen molar-refractivity contribution in [1.29, 1.82) is 0 Å². The van der Waals surface area contributed by atoms with E-state index in [9.17, 15) is 4.79 Å². The molecule has 1 amide bonds. The molecule has 0 aliphatic carbocycles. The van der Waals surface area contributed by atoms with Crippen LogP contribution in [0.25, 0.3) is 0 Å². The van der Waals surface area contributed by atoms with E-state index in [1.54, 1.807) is 0 Å². The van der Waals surface area contributed by atoms with E-state index in [0.717, 1.165) is 25.7 Å². The molecule has 18 heavy (non-hydrogen) atoms. The van der Waals surface area contributed by atoms with E-state index in [2.05, 4.69) is 10.3 Å². The van der Waals surface area contributed by atoms with E-state index in [0.29, 0.717) is 11.6 Å². The van der Waals surface area contributed by atoms with Crippen LogP contribution in [0.15, 0.2) is 10.7 Å². The van der Waals surface area contributed by atoms with Crippen LogP contribution < -0.4 is 11.1 Å². The van der Waals surface area contributed by atoms with Crippen LogP contribution in [-0.2, 0) is 0 Å². The van der Waals surface area contributed by atoms with E-state index in [-0.39, 0.29) is 18.0 Å². The number of rotatable bonds is 7. The Morgan fingerprint density at radius 1 is 1.44 bits per heavy atom. The Balaban J connectivity index is 2.64. The molecule has 0 saturated heterocycles. The Kier molecular flexibility index (Phi) is 5.85. The maximum Gasteiger partial charge on any atom is 0.273 e. The minimum atomic E-state index is -0.232.